The molecule has 3 nitrogen and oxygen atoms in total. The topological polar surface area (TPSA) is 31.9 Å². The number of aryl methyl sites for hydroxylation is 1. The van der Waals surface area contributed by atoms with Crippen molar-refractivity contribution in [1.82, 2.24) is 14.9 Å². The van der Waals surface area contributed by atoms with Crippen LogP contribution in [-0.4, -0.2) is 34.0 Å². The SMILES string of the molecule is Cc1cc(-c2nc3ccc(F)cc3[nH]2)ccc1C1CCC(N2CCC(c3ccccc3)CC2)C1. The van der Waals surface area contributed by atoms with Crippen molar-refractivity contribution in [3.8, 4) is 11.4 Å². The van der Waals surface area contributed by atoms with Crippen LogP contribution in [0.4, 0.5) is 4.39 Å². The molecule has 1 N–H and O–H groups in total. The van der Waals surface area contributed by atoms with Gasteiger partial charge in [-0.25, -0.2) is 9.37 Å². The zero-order valence-corrected chi connectivity index (χ0v) is 19.8. The summed E-state index contributed by atoms with van der Waals surface area (Å²) >= 11 is 0. The third-order valence-electron chi connectivity index (χ3n) is 8.15. The lowest BCUT2D eigenvalue weighted by atomic mass is 9.88. The molecule has 2 heterocycles. The van der Waals surface area contributed by atoms with Crippen LogP contribution in [0.1, 0.15) is 60.6 Å². The van der Waals surface area contributed by atoms with E-state index < -0.39 is 0 Å². The highest BCUT2D eigenvalue weighted by Gasteiger charge is 2.33. The van der Waals surface area contributed by atoms with Crippen molar-refractivity contribution >= 4 is 11.0 Å². The zero-order valence-electron chi connectivity index (χ0n) is 19.8. The number of hydrogen-bond acceptors (Lipinski definition) is 2. The average molecular weight is 454 g/mol. The van der Waals surface area contributed by atoms with E-state index in [1.54, 1.807) is 6.07 Å². The number of piperidine rings is 1. The van der Waals surface area contributed by atoms with Gasteiger partial charge in [-0.15, -0.1) is 0 Å². The summed E-state index contributed by atoms with van der Waals surface area (Å²) in [5, 5.41) is 0. The molecule has 4 aromatic rings. The predicted molar refractivity (Wildman–Crippen MR) is 137 cm³/mol. The molecule has 3 aromatic carbocycles. The smallest absolute Gasteiger partial charge is 0.138 e. The van der Waals surface area contributed by atoms with Crippen molar-refractivity contribution in [2.45, 2.75) is 56.9 Å². The number of rotatable bonds is 4. The summed E-state index contributed by atoms with van der Waals surface area (Å²) in [5.74, 6) is 1.92. The van der Waals surface area contributed by atoms with E-state index in [0.717, 1.165) is 28.3 Å². The number of fused-ring (bicyclic) bond motifs is 1. The first-order chi connectivity index (χ1) is 16.6. The number of imidazole rings is 1. The molecule has 1 aliphatic carbocycles. The van der Waals surface area contributed by atoms with E-state index in [4.69, 9.17) is 0 Å². The molecule has 0 spiro atoms. The van der Waals surface area contributed by atoms with Crippen molar-refractivity contribution in [2.75, 3.05) is 13.1 Å². The number of H-pyrrole nitrogens is 1. The molecule has 4 heteroatoms. The minimum atomic E-state index is -0.241. The Morgan fingerprint density at radius 2 is 1.71 bits per heavy atom. The fraction of sp³-hybridized carbons (Fsp3) is 0.367. The highest BCUT2D eigenvalue weighted by atomic mass is 19.1. The molecule has 2 aliphatic rings. The van der Waals surface area contributed by atoms with E-state index in [0.29, 0.717) is 12.0 Å². The van der Waals surface area contributed by atoms with Gasteiger partial charge in [0.1, 0.15) is 11.6 Å². The van der Waals surface area contributed by atoms with Crippen molar-refractivity contribution in [1.29, 1.82) is 0 Å². The Bertz CT molecular complexity index is 1290. The zero-order chi connectivity index (χ0) is 23.1. The first kappa shape index (κ1) is 21.5. The third kappa shape index (κ3) is 4.16. The van der Waals surface area contributed by atoms with Crippen molar-refractivity contribution < 1.29 is 4.39 Å². The van der Waals surface area contributed by atoms with Crippen LogP contribution >= 0.6 is 0 Å². The van der Waals surface area contributed by atoms with Crippen LogP contribution in [0, 0.1) is 12.7 Å². The van der Waals surface area contributed by atoms with Crippen LogP contribution in [0.25, 0.3) is 22.4 Å². The highest BCUT2D eigenvalue weighted by molar-refractivity contribution is 5.79. The number of aromatic amines is 1. The highest BCUT2D eigenvalue weighted by Crippen LogP contribution is 2.41. The van der Waals surface area contributed by atoms with E-state index in [-0.39, 0.29) is 5.82 Å². The number of aromatic nitrogens is 2. The van der Waals surface area contributed by atoms with Crippen molar-refractivity contribution in [2.24, 2.45) is 0 Å². The Morgan fingerprint density at radius 3 is 2.50 bits per heavy atom. The van der Waals surface area contributed by atoms with Gasteiger partial charge in [-0.2, -0.15) is 0 Å². The number of benzene rings is 3. The lowest BCUT2D eigenvalue weighted by Gasteiger charge is -2.36. The molecule has 34 heavy (non-hydrogen) atoms. The van der Waals surface area contributed by atoms with E-state index in [9.17, 15) is 4.39 Å². The second-order valence-corrected chi connectivity index (χ2v) is 10.2. The maximum Gasteiger partial charge on any atom is 0.138 e. The lowest BCUT2D eigenvalue weighted by Crippen LogP contribution is -2.39. The van der Waals surface area contributed by atoms with Crippen LogP contribution < -0.4 is 0 Å². The van der Waals surface area contributed by atoms with Gasteiger partial charge in [0.15, 0.2) is 0 Å². The van der Waals surface area contributed by atoms with Gasteiger partial charge in [-0.05, 0) is 105 Å². The van der Waals surface area contributed by atoms with E-state index >= 15 is 0 Å². The first-order valence-corrected chi connectivity index (χ1v) is 12.7. The van der Waals surface area contributed by atoms with E-state index in [1.807, 2.05) is 0 Å². The summed E-state index contributed by atoms with van der Waals surface area (Å²) in [4.78, 5) is 10.7. The monoisotopic (exact) mass is 453 g/mol. The fourth-order valence-corrected chi connectivity index (χ4v) is 6.29. The molecule has 0 bridgehead atoms. The van der Waals surface area contributed by atoms with E-state index in [2.05, 4.69) is 70.3 Å². The summed E-state index contributed by atoms with van der Waals surface area (Å²) < 4.78 is 13.5. The lowest BCUT2D eigenvalue weighted by molar-refractivity contribution is 0.153. The maximum atomic E-state index is 13.5. The van der Waals surface area contributed by atoms with Crippen LogP contribution in [-0.2, 0) is 0 Å². The molecule has 0 amide bonds. The summed E-state index contributed by atoms with van der Waals surface area (Å²) in [6, 6.07) is 23.2. The fourth-order valence-electron chi connectivity index (χ4n) is 6.29. The number of likely N-dealkylation sites (tertiary alicyclic amines) is 1. The molecular weight excluding hydrogens is 421 g/mol. The summed E-state index contributed by atoms with van der Waals surface area (Å²) in [7, 11) is 0. The number of halogens is 1. The number of hydrogen-bond donors (Lipinski definition) is 1. The molecule has 1 saturated carbocycles. The van der Waals surface area contributed by atoms with Crippen LogP contribution in [0.3, 0.4) is 0 Å². The van der Waals surface area contributed by atoms with Gasteiger partial charge in [-0.1, -0.05) is 42.5 Å². The predicted octanol–water partition coefficient (Wildman–Crippen LogP) is 7.19. The molecule has 1 saturated heterocycles. The summed E-state index contributed by atoms with van der Waals surface area (Å²) in [6.45, 7) is 4.67. The maximum absolute atomic E-state index is 13.5. The van der Waals surface area contributed by atoms with Crippen LogP contribution in [0.2, 0.25) is 0 Å². The van der Waals surface area contributed by atoms with Gasteiger partial charge in [0.2, 0.25) is 0 Å². The second kappa shape index (κ2) is 8.99. The standard InChI is InChI=1S/C30H32FN3/c1-20-17-24(30-32-28-12-9-25(31)19-29(28)33-30)8-11-27(20)23-7-10-26(18-23)34-15-13-22(14-16-34)21-5-3-2-4-6-21/h2-6,8-9,11-12,17,19,22-23,26H,7,10,13-16,18H2,1H3,(H,32,33). The number of nitrogens with zero attached hydrogens (tertiary/aromatic N) is 2. The molecule has 0 radical (unpaired) electrons. The third-order valence-corrected chi connectivity index (χ3v) is 8.15. The quantitative estimate of drug-likeness (QED) is 0.354. The average Bonchev–Trinajstić information content (AvgIpc) is 3.52. The first-order valence-electron chi connectivity index (χ1n) is 12.7. The van der Waals surface area contributed by atoms with Gasteiger partial charge in [-0.3, -0.25) is 0 Å². The van der Waals surface area contributed by atoms with Crippen molar-refractivity contribution in [3.05, 3.63) is 89.2 Å². The van der Waals surface area contributed by atoms with Gasteiger partial charge >= 0.3 is 0 Å². The van der Waals surface area contributed by atoms with E-state index in [1.165, 1.54) is 74.0 Å². The van der Waals surface area contributed by atoms with Crippen LogP contribution in [0.15, 0.2) is 66.7 Å². The van der Waals surface area contributed by atoms with Crippen molar-refractivity contribution in [3.63, 3.8) is 0 Å². The minimum absolute atomic E-state index is 0.241. The Balaban J connectivity index is 1.12. The molecular formula is C30H32FN3. The largest absolute Gasteiger partial charge is 0.338 e. The summed E-state index contributed by atoms with van der Waals surface area (Å²) in [5.41, 5.74) is 6.93. The van der Waals surface area contributed by atoms with Gasteiger partial charge in [0.05, 0.1) is 11.0 Å². The molecule has 2 fully saturated rings. The molecule has 2 atom stereocenters. The normalized spacial score (nSPS) is 21.9. The molecule has 1 aliphatic heterocycles. The number of nitrogens with one attached hydrogen (secondary N) is 1. The molecule has 1 aromatic heterocycles. The minimum Gasteiger partial charge on any atom is -0.338 e. The van der Waals surface area contributed by atoms with Crippen LogP contribution in [0.5, 0.6) is 0 Å². The Labute approximate surface area is 201 Å². The Hall–Kier alpha value is -2.98. The van der Waals surface area contributed by atoms with Gasteiger partial charge in [0.25, 0.3) is 0 Å². The molecule has 174 valence electrons. The van der Waals surface area contributed by atoms with Gasteiger partial charge in [0, 0.05) is 11.6 Å². The Kier molecular flexibility index (Phi) is 5.70. The molecule has 6 rings (SSSR count). The Morgan fingerprint density at radius 1 is 0.882 bits per heavy atom. The van der Waals surface area contributed by atoms with Gasteiger partial charge < -0.3 is 9.88 Å². The molecule has 2 unspecified atom stereocenters. The summed E-state index contributed by atoms with van der Waals surface area (Å²) in [6.07, 6.45) is 6.39. The second-order valence-electron chi connectivity index (χ2n) is 10.2.